The first-order valence-corrected chi connectivity index (χ1v) is 6.17. The van der Waals surface area contributed by atoms with Crippen molar-refractivity contribution >= 4 is 17.5 Å². The van der Waals surface area contributed by atoms with E-state index in [-0.39, 0.29) is 41.3 Å². The molecule has 1 saturated heterocycles. The summed E-state index contributed by atoms with van der Waals surface area (Å²) < 4.78 is 0. The third kappa shape index (κ3) is 2.42. The fourth-order valence-corrected chi connectivity index (χ4v) is 2.77. The summed E-state index contributed by atoms with van der Waals surface area (Å²) in [7, 11) is 0. The number of rotatable bonds is 4. The molecule has 2 fully saturated rings. The van der Waals surface area contributed by atoms with Gasteiger partial charge in [-0.2, -0.15) is 0 Å². The molecule has 1 N–H and O–H groups in total. The molecular weight excluding hydrogens is 230 g/mol. The summed E-state index contributed by atoms with van der Waals surface area (Å²) in [6.45, 7) is 3.01. The van der Waals surface area contributed by atoms with E-state index >= 15 is 0 Å². The van der Waals surface area contributed by atoms with Gasteiger partial charge in [0, 0.05) is 6.04 Å². The maximum atomic E-state index is 11.5. The molecule has 0 aromatic carbocycles. The lowest BCUT2D eigenvalue weighted by Gasteiger charge is -2.35. The molecule has 1 aliphatic heterocycles. The average Bonchev–Trinajstić information content (AvgIpc) is 2.55. The minimum Gasteiger partial charge on any atom is -0.352 e. The smallest absolute Gasteiger partial charge is 0.226 e. The molecule has 18 heavy (non-hydrogen) atoms. The molecule has 0 spiro atoms. The minimum absolute atomic E-state index is 0.00555. The Bertz CT molecular complexity index is 450. The van der Waals surface area contributed by atoms with Crippen molar-refractivity contribution in [1.29, 1.82) is 0 Å². The molecule has 1 saturated carbocycles. The molecule has 4 nitrogen and oxygen atoms in total. The largest absolute Gasteiger partial charge is 0.352 e. The van der Waals surface area contributed by atoms with Crippen molar-refractivity contribution in [3.8, 4) is 0 Å². The zero-order chi connectivity index (χ0) is 13.3. The average molecular weight is 247 g/mol. The van der Waals surface area contributed by atoms with Gasteiger partial charge in [-0.1, -0.05) is 12.2 Å². The normalized spacial score (nSPS) is 34.4. The van der Waals surface area contributed by atoms with Gasteiger partial charge in [0.2, 0.25) is 5.91 Å². The summed E-state index contributed by atoms with van der Waals surface area (Å²) in [4.78, 5) is 33.4. The fraction of sp³-hybridized carbons (Fsp3) is 0.500. The highest BCUT2D eigenvalue weighted by atomic mass is 16.2. The monoisotopic (exact) mass is 247 g/mol. The van der Waals surface area contributed by atoms with Gasteiger partial charge in [-0.05, 0) is 44.3 Å². The van der Waals surface area contributed by atoms with Gasteiger partial charge in [0.15, 0.2) is 11.6 Å². The van der Waals surface area contributed by atoms with E-state index in [0.29, 0.717) is 0 Å². The number of carbonyl (C=O) groups excluding carboxylic acids is 3. The predicted octanol–water partition coefficient (Wildman–Crippen LogP) is 1.03. The molecular formula is C14H17NO3. The van der Waals surface area contributed by atoms with Crippen LogP contribution in [0.25, 0.3) is 0 Å². The van der Waals surface area contributed by atoms with Crippen molar-refractivity contribution in [2.45, 2.75) is 26.3 Å². The zero-order valence-electron chi connectivity index (χ0n) is 10.6. The third-order valence-corrected chi connectivity index (χ3v) is 3.62. The molecule has 2 rings (SSSR count). The number of ketones is 2. The van der Waals surface area contributed by atoms with E-state index in [1.165, 1.54) is 19.9 Å². The van der Waals surface area contributed by atoms with Crippen LogP contribution in [0.5, 0.6) is 0 Å². The van der Waals surface area contributed by atoms with E-state index in [1.54, 1.807) is 6.08 Å². The van der Waals surface area contributed by atoms with Crippen LogP contribution in [0, 0.1) is 17.8 Å². The predicted molar refractivity (Wildman–Crippen MR) is 66.7 cm³/mol. The van der Waals surface area contributed by atoms with Crippen LogP contribution < -0.4 is 5.32 Å². The lowest BCUT2D eigenvalue weighted by molar-refractivity contribution is -0.135. The molecule has 4 heteroatoms. The van der Waals surface area contributed by atoms with Crippen molar-refractivity contribution in [1.82, 2.24) is 5.32 Å². The topological polar surface area (TPSA) is 63.2 Å². The number of β-lactam (4-membered cyclic amide) rings is 1. The van der Waals surface area contributed by atoms with Gasteiger partial charge in [-0.25, -0.2) is 0 Å². The Morgan fingerprint density at radius 1 is 1.11 bits per heavy atom. The van der Waals surface area contributed by atoms with Gasteiger partial charge >= 0.3 is 0 Å². The van der Waals surface area contributed by atoms with Crippen LogP contribution in [0.3, 0.4) is 0 Å². The number of hydrogen-bond donors (Lipinski definition) is 1. The Kier molecular flexibility index (Phi) is 3.45. The molecule has 1 amide bonds. The Labute approximate surface area is 106 Å². The van der Waals surface area contributed by atoms with Crippen LogP contribution in [0.4, 0.5) is 0 Å². The van der Waals surface area contributed by atoms with Gasteiger partial charge in [0.05, 0.1) is 5.92 Å². The van der Waals surface area contributed by atoms with Crippen molar-refractivity contribution in [3.05, 3.63) is 24.3 Å². The highest BCUT2D eigenvalue weighted by Gasteiger charge is 2.52. The second-order valence-electron chi connectivity index (χ2n) is 5.06. The van der Waals surface area contributed by atoms with Crippen LogP contribution in [-0.2, 0) is 14.4 Å². The molecule has 1 aliphatic carbocycles. The van der Waals surface area contributed by atoms with E-state index in [0.717, 1.165) is 6.42 Å². The van der Waals surface area contributed by atoms with Gasteiger partial charge < -0.3 is 5.32 Å². The lowest BCUT2D eigenvalue weighted by atomic mass is 9.85. The first-order valence-electron chi connectivity index (χ1n) is 6.17. The summed E-state index contributed by atoms with van der Waals surface area (Å²) in [5.74, 6) is 0.320. The summed E-state index contributed by atoms with van der Waals surface area (Å²) in [6.07, 6.45) is 7.61. The molecule has 96 valence electrons. The SMILES string of the molecule is CC(=O)/C=C/[C@@H]1C[C@H](/C=C/C(C)=O)[C@H]2C(=O)N[C@H]21. The number of nitrogens with one attached hydrogen (secondary N) is 1. The Morgan fingerprint density at radius 3 is 2.17 bits per heavy atom. The van der Waals surface area contributed by atoms with E-state index in [9.17, 15) is 14.4 Å². The van der Waals surface area contributed by atoms with E-state index < -0.39 is 0 Å². The second-order valence-corrected chi connectivity index (χ2v) is 5.06. The van der Waals surface area contributed by atoms with Crippen molar-refractivity contribution < 1.29 is 14.4 Å². The fourth-order valence-electron chi connectivity index (χ4n) is 2.77. The number of carbonyl (C=O) groups is 3. The molecule has 0 aromatic heterocycles. The summed E-state index contributed by atoms with van der Waals surface area (Å²) in [5, 5.41) is 2.88. The standard InChI is InChI=1S/C14H17NO3/c1-8(16)3-5-10-7-11(6-4-9(2)17)13-12(10)14(18)15-13/h3-6,10-13H,7H2,1-2H3,(H,15,18)/b5-3+,6-4+/t10-,11+,12+,13-/m0/s1. The van der Waals surface area contributed by atoms with Crippen molar-refractivity contribution in [2.24, 2.45) is 17.8 Å². The van der Waals surface area contributed by atoms with Crippen molar-refractivity contribution in [2.75, 3.05) is 0 Å². The van der Waals surface area contributed by atoms with Gasteiger partial charge in [0.25, 0.3) is 0 Å². The Morgan fingerprint density at radius 2 is 1.67 bits per heavy atom. The van der Waals surface area contributed by atoms with Crippen LogP contribution in [0.2, 0.25) is 0 Å². The molecule has 0 aromatic rings. The first-order chi connectivity index (χ1) is 8.49. The van der Waals surface area contributed by atoms with Crippen LogP contribution in [0.15, 0.2) is 24.3 Å². The number of fused-ring (bicyclic) bond motifs is 1. The van der Waals surface area contributed by atoms with E-state index in [4.69, 9.17) is 0 Å². The summed E-state index contributed by atoms with van der Waals surface area (Å²) in [5.41, 5.74) is 0. The highest BCUT2D eigenvalue weighted by molar-refractivity contribution is 5.90. The quantitative estimate of drug-likeness (QED) is 0.596. The van der Waals surface area contributed by atoms with Crippen LogP contribution in [0.1, 0.15) is 20.3 Å². The van der Waals surface area contributed by atoms with E-state index in [1.807, 2.05) is 12.2 Å². The summed E-state index contributed by atoms with van der Waals surface area (Å²) >= 11 is 0. The second kappa shape index (κ2) is 4.88. The minimum atomic E-state index is -0.0396. The molecule has 4 atom stereocenters. The third-order valence-electron chi connectivity index (χ3n) is 3.62. The molecule has 1 heterocycles. The van der Waals surface area contributed by atoms with Crippen molar-refractivity contribution in [3.63, 3.8) is 0 Å². The number of hydrogen-bond acceptors (Lipinski definition) is 3. The van der Waals surface area contributed by atoms with E-state index in [2.05, 4.69) is 5.32 Å². The maximum Gasteiger partial charge on any atom is 0.226 e. The summed E-state index contributed by atoms with van der Waals surface area (Å²) in [6, 6.07) is 0.120. The molecule has 2 aliphatic rings. The lowest BCUT2D eigenvalue weighted by Crippen LogP contribution is -2.58. The van der Waals surface area contributed by atoms with Crippen LogP contribution in [-0.4, -0.2) is 23.5 Å². The first kappa shape index (κ1) is 12.7. The number of amides is 1. The molecule has 0 radical (unpaired) electrons. The van der Waals surface area contributed by atoms with Gasteiger partial charge in [-0.15, -0.1) is 0 Å². The Hall–Kier alpha value is -1.71. The zero-order valence-corrected chi connectivity index (χ0v) is 10.6. The Balaban J connectivity index is 2.08. The van der Waals surface area contributed by atoms with Crippen LogP contribution >= 0.6 is 0 Å². The highest BCUT2D eigenvalue weighted by Crippen LogP contribution is 2.43. The maximum absolute atomic E-state index is 11.5. The van der Waals surface area contributed by atoms with Gasteiger partial charge in [0.1, 0.15) is 0 Å². The number of allylic oxidation sites excluding steroid dienone is 3. The van der Waals surface area contributed by atoms with Gasteiger partial charge in [-0.3, -0.25) is 14.4 Å². The molecule has 0 bridgehead atoms. The molecule has 0 unspecified atom stereocenters.